The van der Waals surface area contributed by atoms with Crippen LogP contribution in [0.1, 0.15) is 87.6 Å². The molecule has 0 unspecified atom stereocenters. The highest BCUT2D eigenvalue weighted by atomic mass is 32.1. The van der Waals surface area contributed by atoms with E-state index in [2.05, 4.69) is 28.9 Å². The van der Waals surface area contributed by atoms with Gasteiger partial charge in [0, 0.05) is 24.9 Å². The lowest BCUT2D eigenvalue weighted by Crippen LogP contribution is -2.42. The second-order valence-electron chi connectivity index (χ2n) is 7.85. The Balaban J connectivity index is 1.44. The van der Waals surface area contributed by atoms with Crippen LogP contribution in [0, 0.1) is 11.8 Å². The Morgan fingerprint density at radius 2 is 1.80 bits per heavy atom. The molecule has 25 heavy (non-hydrogen) atoms. The van der Waals surface area contributed by atoms with Crippen LogP contribution >= 0.6 is 11.3 Å². The van der Waals surface area contributed by atoms with Crippen LogP contribution in [0.15, 0.2) is 0 Å². The first-order chi connectivity index (χ1) is 12.2. The molecule has 1 aliphatic heterocycles. The molecule has 0 spiro atoms. The first-order valence-electron chi connectivity index (χ1n) is 10.3. The Bertz CT molecular complexity index is 543. The van der Waals surface area contributed by atoms with E-state index in [0.717, 1.165) is 56.1 Å². The molecule has 4 nitrogen and oxygen atoms in total. The summed E-state index contributed by atoms with van der Waals surface area (Å²) >= 11 is 1.76. The van der Waals surface area contributed by atoms with Crippen LogP contribution in [0.5, 0.6) is 0 Å². The van der Waals surface area contributed by atoms with E-state index in [1.54, 1.807) is 11.3 Å². The summed E-state index contributed by atoms with van der Waals surface area (Å²) in [4.78, 5) is 15.0. The number of piperidine rings is 1. The maximum atomic E-state index is 12.9. The molecule has 140 valence electrons. The van der Waals surface area contributed by atoms with Crippen LogP contribution in [-0.2, 0) is 11.2 Å². The van der Waals surface area contributed by atoms with Crippen LogP contribution < -0.4 is 0 Å². The zero-order valence-corrected chi connectivity index (χ0v) is 16.7. The van der Waals surface area contributed by atoms with Gasteiger partial charge in [0.25, 0.3) is 0 Å². The monoisotopic (exact) mass is 363 g/mol. The lowest BCUT2D eigenvalue weighted by molar-refractivity contribution is -0.138. The summed E-state index contributed by atoms with van der Waals surface area (Å²) in [6.07, 6.45) is 11.8. The van der Waals surface area contributed by atoms with Gasteiger partial charge in [0.2, 0.25) is 5.91 Å². The standard InChI is InChI=1S/C20H33N3OS/c1-3-5-6-15-7-9-17(10-8-15)20(24)23-13-11-16(12-14-23)19-22-21-18(4-2)25-19/h15-17H,3-14H2,1-2H3. The fourth-order valence-electron chi connectivity index (χ4n) is 4.37. The van der Waals surface area contributed by atoms with Gasteiger partial charge in [-0.15, -0.1) is 21.5 Å². The Morgan fingerprint density at radius 3 is 2.40 bits per heavy atom. The topological polar surface area (TPSA) is 46.1 Å². The lowest BCUT2D eigenvalue weighted by Gasteiger charge is -2.36. The third-order valence-electron chi connectivity index (χ3n) is 6.10. The second kappa shape index (κ2) is 9.11. The van der Waals surface area contributed by atoms with E-state index in [4.69, 9.17) is 0 Å². The molecular formula is C20H33N3OS. The van der Waals surface area contributed by atoms with E-state index in [0.29, 0.717) is 17.7 Å². The zero-order chi connectivity index (χ0) is 17.6. The summed E-state index contributed by atoms with van der Waals surface area (Å²) in [7, 11) is 0. The summed E-state index contributed by atoms with van der Waals surface area (Å²) in [5.74, 6) is 2.10. The minimum absolute atomic E-state index is 0.294. The first kappa shape index (κ1) is 18.8. The molecule has 1 amide bonds. The molecule has 0 bridgehead atoms. The van der Waals surface area contributed by atoms with Crippen LogP contribution in [0.25, 0.3) is 0 Å². The molecule has 0 radical (unpaired) electrons. The quantitative estimate of drug-likeness (QED) is 0.729. The molecule has 1 aliphatic carbocycles. The Hall–Kier alpha value is -0.970. The number of carbonyl (C=O) groups is 1. The van der Waals surface area contributed by atoms with Crippen LogP contribution in [0.2, 0.25) is 0 Å². The fourth-order valence-corrected chi connectivity index (χ4v) is 5.32. The largest absolute Gasteiger partial charge is 0.342 e. The van der Waals surface area contributed by atoms with Gasteiger partial charge in [-0.05, 0) is 50.9 Å². The van der Waals surface area contributed by atoms with Crippen molar-refractivity contribution in [3.8, 4) is 0 Å². The van der Waals surface area contributed by atoms with Gasteiger partial charge in [-0.1, -0.05) is 33.1 Å². The average molecular weight is 364 g/mol. The van der Waals surface area contributed by atoms with Gasteiger partial charge in [-0.3, -0.25) is 4.79 Å². The molecule has 1 aromatic rings. The number of nitrogens with zero attached hydrogens (tertiary/aromatic N) is 3. The maximum absolute atomic E-state index is 12.9. The van der Waals surface area contributed by atoms with Gasteiger partial charge in [0.15, 0.2) is 0 Å². The minimum Gasteiger partial charge on any atom is -0.342 e. The van der Waals surface area contributed by atoms with Crippen LogP contribution in [0.3, 0.4) is 0 Å². The second-order valence-corrected chi connectivity index (χ2v) is 8.94. The average Bonchev–Trinajstić information content (AvgIpc) is 3.15. The smallest absolute Gasteiger partial charge is 0.225 e. The molecule has 1 aromatic heterocycles. The molecule has 1 saturated heterocycles. The van der Waals surface area contributed by atoms with Crippen LogP contribution in [0.4, 0.5) is 0 Å². The summed E-state index contributed by atoms with van der Waals surface area (Å²) in [6.45, 7) is 6.20. The summed E-state index contributed by atoms with van der Waals surface area (Å²) in [5, 5.41) is 10.9. The highest BCUT2D eigenvalue weighted by Crippen LogP contribution is 2.35. The van der Waals surface area contributed by atoms with Gasteiger partial charge in [-0.2, -0.15) is 0 Å². The lowest BCUT2D eigenvalue weighted by atomic mass is 9.79. The van der Waals surface area contributed by atoms with Gasteiger partial charge in [0.05, 0.1) is 0 Å². The Kier molecular flexibility index (Phi) is 6.85. The van der Waals surface area contributed by atoms with Crippen molar-refractivity contribution in [3.63, 3.8) is 0 Å². The number of hydrogen-bond donors (Lipinski definition) is 0. The molecule has 5 heteroatoms. The van der Waals surface area contributed by atoms with Gasteiger partial charge in [-0.25, -0.2) is 0 Å². The van der Waals surface area contributed by atoms with Crippen molar-refractivity contribution in [1.82, 2.24) is 15.1 Å². The van der Waals surface area contributed by atoms with Gasteiger partial charge >= 0.3 is 0 Å². The van der Waals surface area contributed by atoms with E-state index in [1.807, 2.05) is 0 Å². The summed E-state index contributed by atoms with van der Waals surface area (Å²) in [6, 6.07) is 0. The molecule has 2 fully saturated rings. The number of rotatable bonds is 6. The van der Waals surface area contributed by atoms with Gasteiger partial charge in [0.1, 0.15) is 10.0 Å². The fraction of sp³-hybridized carbons (Fsp3) is 0.850. The van der Waals surface area contributed by atoms with Crippen molar-refractivity contribution < 1.29 is 4.79 Å². The van der Waals surface area contributed by atoms with E-state index in [-0.39, 0.29) is 0 Å². The number of amides is 1. The minimum atomic E-state index is 0.294. The third kappa shape index (κ3) is 4.81. The van der Waals surface area contributed by atoms with E-state index < -0.39 is 0 Å². The van der Waals surface area contributed by atoms with E-state index >= 15 is 0 Å². The normalized spacial score (nSPS) is 25.3. The highest BCUT2D eigenvalue weighted by Gasteiger charge is 2.32. The predicted molar refractivity (Wildman–Crippen MR) is 103 cm³/mol. The predicted octanol–water partition coefficient (Wildman–Crippen LogP) is 4.80. The number of unbranched alkanes of at least 4 members (excludes halogenated alkanes) is 1. The van der Waals surface area contributed by atoms with Crippen molar-refractivity contribution in [2.24, 2.45) is 11.8 Å². The molecule has 2 aliphatic rings. The SMILES string of the molecule is CCCCC1CCC(C(=O)N2CCC(c3nnc(CC)s3)CC2)CC1. The number of likely N-dealkylation sites (tertiary alicyclic amines) is 1. The number of aromatic nitrogens is 2. The van der Waals surface area contributed by atoms with Crippen molar-refractivity contribution in [2.75, 3.05) is 13.1 Å². The summed E-state index contributed by atoms with van der Waals surface area (Å²) < 4.78 is 0. The molecule has 2 heterocycles. The molecular weight excluding hydrogens is 330 g/mol. The Morgan fingerprint density at radius 1 is 1.08 bits per heavy atom. The maximum Gasteiger partial charge on any atom is 0.225 e. The van der Waals surface area contributed by atoms with Crippen molar-refractivity contribution >= 4 is 17.2 Å². The molecule has 1 saturated carbocycles. The number of carbonyl (C=O) groups excluding carboxylic acids is 1. The highest BCUT2D eigenvalue weighted by molar-refractivity contribution is 7.11. The summed E-state index contributed by atoms with van der Waals surface area (Å²) in [5.41, 5.74) is 0. The first-order valence-corrected chi connectivity index (χ1v) is 11.1. The van der Waals surface area contributed by atoms with E-state index in [1.165, 1.54) is 37.1 Å². The number of hydrogen-bond acceptors (Lipinski definition) is 4. The molecule has 3 rings (SSSR count). The molecule has 0 atom stereocenters. The van der Waals surface area contributed by atoms with Crippen molar-refractivity contribution in [2.45, 2.75) is 84.0 Å². The third-order valence-corrected chi connectivity index (χ3v) is 7.33. The van der Waals surface area contributed by atoms with E-state index in [9.17, 15) is 4.79 Å². The Labute approximate surface area is 156 Å². The van der Waals surface area contributed by atoms with Gasteiger partial charge < -0.3 is 4.90 Å². The molecule has 0 aromatic carbocycles. The number of aryl methyl sites for hydroxylation is 1. The molecule has 0 N–H and O–H groups in total. The zero-order valence-electron chi connectivity index (χ0n) is 15.9. The van der Waals surface area contributed by atoms with Crippen LogP contribution in [-0.4, -0.2) is 34.1 Å². The van der Waals surface area contributed by atoms with Crippen molar-refractivity contribution in [1.29, 1.82) is 0 Å². The van der Waals surface area contributed by atoms with Crippen molar-refractivity contribution in [3.05, 3.63) is 10.0 Å².